The molecule has 0 heterocycles. The average molecular weight is 246 g/mol. The van der Waals surface area contributed by atoms with Gasteiger partial charge in [-0.25, -0.2) is 0 Å². The quantitative estimate of drug-likeness (QED) is 0.867. The Morgan fingerprint density at radius 3 is 2.39 bits per heavy atom. The number of rotatable bonds is 3. The molecular formula is C16H26N2. The maximum atomic E-state index is 3.75. The Hall–Kier alpha value is -1.18. The van der Waals surface area contributed by atoms with Crippen molar-refractivity contribution >= 4 is 11.4 Å². The van der Waals surface area contributed by atoms with Crippen LogP contribution in [0, 0.1) is 11.8 Å². The molecule has 0 aromatic heterocycles. The van der Waals surface area contributed by atoms with E-state index in [1.165, 1.54) is 30.6 Å². The van der Waals surface area contributed by atoms with E-state index in [-0.39, 0.29) is 0 Å². The molecule has 2 heteroatoms. The standard InChI is InChI=1S/C16H26N2/c1-12-7-5-8-13(2)16(12)17-14-9-6-10-15(11-14)18(3)4/h6,9-13,16-17H,5,7-8H2,1-4H3. The lowest BCUT2D eigenvalue weighted by atomic mass is 9.78. The largest absolute Gasteiger partial charge is 0.382 e. The third-order valence-corrected chi connectivity index (χ3v) is 4.24. The van der Waals surface area contributed by atoms with Crippen molar-refractivity contribution in [1.29, 1.82) is 0 Å². The van der Waals surface area contributed by atoms with Gasteiger partial charge in [0.15, 0.2) is 0 Å². The van der Waals surface area contributed by atoms with Gasteiger partial charge in [0.1, 0.15) is 0 Å². The summed E-state index contributed by atoms with van der Waals surface area (Å²) in [7, 11) is 4.18. The number of hydrogen-bond acceptors (Lipinski definition) is 2. The lowest BCUT2D eigenvalue weighted by Crippen LogP contribution is -2.37. The second-order valence-corrected chi connectivity index (χ2v) is 6.00. The zero-order chi connectivity index (χ0) is 13.1. The molecule has 1 fully saturated rings. The molecule has 1 aromatic rings. The monoisotopic (exact) mass is 246 g/mol. The van der Waals surface area contributed by atoms with E-state index in [2.05, 4.69) is 62.4 Å². The highest BCUT2D eigenvalue weighted by atomic mass is 15.1. The fraction of sp³-hybridized carbons (Fsp3) is 0.625. The predicted octanol–water partition coefficient (Wildman–Crippen LogP) is 3.99. The summed E-state index contributed by atoms with van der Waals surface area (Å²) in [6.45, 7) is 4.76. The van der Waals surface area contributed by atoms with Gasteiger partial charge >= 0.3 is 0 Å². The van der Waals surface area contributed by atoms with Crippen molar-refractivity contribution in [3.05, 3.63) is 24.3 Å². The summed E-state index contributed by atoms with van der Waals surface area (Å²) in [6, 6.07) is 9.33. The van der Waals surface area contributed by atoms with Crippen molar-refractivity contribution in [3.8, 4) is 0 Å². The molecule has 2 rings (SSSR count). The second kappa shape index (κ2) is 5.64. The summed E-state index contributed by atoms with van der Waals surface area (Å²) in [5.41, 5.74) is 2.52. The van der Waals surface area contributed by atoms with Gasteiger partial charge in [-0.05, 0) is 42.9 Å². The van der Waals surface area contributed by atoms with Gasteiger partial charge in [-0.1, -0.05) is 26.3 Å². The van der Waals surface area contributed by atoms with E-state index in [9.17, 15) is 0 Å². The summed E-state index contributed by atoms with van der Waals surface area (Å²) in [5.74, 6) is 1.55. The van der Waals surface area contributed by atoms with E-state index < -0.39 is 0 Å². The molecule has 100 valence electrons. The van der Waals surface area contributed by atoms with Crippen molar-refractivity contribution in [2.75, 3.05) is 24.3 Å². The predicted molar refractivity (Wildman–Crippen MR) is 80.4 cm³/mol. The van der Waals surface area contributed by atoms with Crippen LogP contribution in [0.3, 0.4) is 0 Å². The van der Waals surface area contributed by atoms with Crippen LogP contribution >= 0.6 is 0 Å². The minimum absolute atomic E-state index is 0.621. The van der Waals surface area contributed by atoms with E-state index in [4.69, 9.17) is 0 Å². The molecule has 18 heavy (non-hydrogen) atoms. The number of anilines is 2. The number of nitrogens with zero attached hydrogens (tertiary/aromatic N) is 1. The third kappa shape index (κ3) is 2.98. The molecule has 1 saturated carbocycles. The highest BCUT2D eigenvalue weighted by Crippen LogP contribution is 2.31. The molecule has 2 nitrogen and oxygen atoms in total. The zero-order valence-electron chi connectivity index (χ0n) is 12.1. The van der Waals surface area contributed by atoms with Crippen molar-refractivity contribution in [3.63, 3.8) is 0 Å². The summed E-state index contributed by atoms with van der Waals surface area (Å²) in [5, 5.41) is 3.75. The molecule has 1 N–H and O–H groups in total. The van der Waals surface area contributed by atoms with Gasteiger partial charge in [-0.2, -0.15) is 0 Å². The maximum absolute atomic E-state index is 3.75. The summed E-state index contributed by atoms with van der Waals surface area (Å²) >= 11 is 0. The van der Waals surface area contributed by atoms with E-state index in [0.29, 0.717) is 6.04 Å². The molecule has 0 saturated heterocycles. The molecule has 0 bridgehead atoms. The van der Waals surface area contributed by atoms with E-state index in [1.807, 2.05) is 0 Å². The topological polar surface area (TPSA) is 15.3 Å². The zero-order valence-corrected chi connectivity index (χ0v) is 12.1. The number of nitrogens with one attached hydrogen (secondary N) is 1. The van der Waals surface area contributed by atoms with Crippen LogP contribution in [-0.4, -0.2) is 20.1 Å². The fourth-order valence-electron chi connectivity index (χ4n) is 3.03. The maximum Gasteiger partial charge on any atom is 0.0381 e. The molecule has 2 unspecified atom stereocenters. The fourth-order valence-corrected chi connectivity index (χ4v) is 3.03. The van der Waals surface area contributed by atoms with Gasteiger partial charge in [-0.15, -0.1) is 0 Å². The number of hydrogen-bond donors (Lipinski definition) is 1. The molecule has 1 aliphatic carbocycles. The Morgan fingerprint density at radius 2 is 1.78 bits per heavy atom. The first kappa shape index (κ1) is 13.3. The van der Waals surface area contributed by atoms with Crippen LogP contribution in [0.1, 0.15) is 33.1 Å². The first-order valence-corrected chi connectivity index (χ1v) is 7.12. The summed E-state index contributed by atoms with van der Waals surface area (Å²) < 4.78 is 0. The second-order valence-electron chi connectivity index (χ2n) is 6.00. The number of benzene rings is 1. The van der Waals surface area contributed by atoms with Crippen molar-refractivity contribution in [1.82, 2.24) is 0 Å². The van der Waals surface area contributed by atoms with Crippen LogP contribution < -0.4 is 10.2 Å². The van der Waals surface area contributed by atoms with Crippen molar-refractivity contribution in [2.45, 2.75) is 39.2 Å². The van der Waals surface area contributed by atoms with Gasteiger partial charge in [0.2, 0.25) is 0 Å². The summed E-state index contributed by atoms with van der Waals surface area (Å²) in [4.78, 5) is 2.15. The van der Waals surface area contributed by atoms with Crippen LogP contribution in [0.5, 0.6) is 0 Å². The molecule has 0 aliphatic heterocycles. The van der Waals surface area contributed by atoms with Crippen LogP contribution in [0.2, 0.25) is 0 Å². The van der Waals surface area contributed by atoms with Gasteiger partial charge in [0.05, 0.1) is 0 Å². The van der Waals surface area contributed by atoms with Gasteiger partial charge in [-0.3, -0.25) is 0 Å². The molecule has 0 amide bonds. The van der Waals surface area contributed by atoms with E-state index in [1.54, 1.807) is 0 Å². The van der Waals surface area contributed by atoms with E-state index in [0.717, 1.165) is 11.8 Å². The Balaban J connectivity index is 2.10. The molecule has 0 radical (unpaired) electrons. The first-order chi connectivity index (χ1) is 8.58. The van der Waals surface area contributed by atoms with Crippen molar-refractivity contribution < 1.29 is 0 Å². The summed E-state index contributed by atoms with van der Waals surface area (Å²) in [6.07, 6.45) is 4.10. The van der Waals surface area contributed by atoms with Gasteiger partial charge in [0.25, 0.3) is 0 Å². The van der Waals surface area contributed by atoms with E-state index >= 15 is 0 Å². The lowest BCUT2D eigenvalue weighted by molar-refractivity contribution is 0.268. The van der Waals surface area contributed by atoms with Crippen LogP contribution in [0.4, 0.5) is 11.4 Å². The van der Waals surface area contributed by atoms with Crippen LogP contribution in [0.15, 0.2) is 24.3 Å². The highest BCUT2D eigenvalue weighted by molar-refractivity contribution is 5.57. The smallest absolute Gasteiger partial charge is 0.0381 e. The Morgan fingerprint density at radius 1 is 1.11 bits per heavy atom. The molecule has 1 aromatic carbocycles. The molecular weight excluding hydrogens is 220 g/mol. The lowest BCUT2D eigenvalue weighted by Gasteiger charge is -2.36. The SMILES string of the molecule is CC1CCCC(C)C1Nc1cccc(N(C)C)c1. The van der Waals surface area contributed by atoms with Gasteiger partial charge in [0, 0.05) is 31.5 Å². The highest BCUT2D eigenvalue weighted by Gasteiger charge is 2.27. The minimum Gasteiger partial charge on any atom is -0.382 e. The van der Waals surface area contributed by atoms with Crippen LogP contribution in [0.25, 0.3) is 0 Å². The third-order valence-electron chi connectivity index (χ3n) is 4.24. The Kier molecular flexibility index (Phi) is 4.15. The molecule has 2 atom stereocenters. The molecule has 0 spiro atoms. The Bertz CT molecular complexity index is 376. The Labute approximate surface area is 111 Å². The normalized spacial score (nSPS) is 27.9. The average Bonchev–Trinajstić information content (AvgIpc) is 2.34. The van der Waals surface area contributed by atoms with Crippen molar-refractivity contribution in [2.24, 2.45) is 11.8 Å². The first-order valence-electron chi connectivity index (χ1n) is 7.12. The van der Waals surface area contributed by atoms with Gasteiger partial charge < -0.3 is 10.2 Å². The van der Waals surface area contributed by atoms with Crippen LogP contribution in [-0.2, 0) is 0 Å². The molecule has 1 aliphatic rings. The minimum atomic E-state index is 0.621.